The van der Waals surface area contributed by atoms with Crippen LogP contribution >= 0.6 is 22.9 Å². The van der Waals surface area contributed by atoms with Gasteiger partial charge in [0.05, 0.1) is 17.7 Å². The molecule has 0 aliphatic carbocycles. The van der Waals surface area contributed by atoms with Crippen molar-refractivity contribution >= 4 is 56.3 Å². The highest BCUT2D eigenvalue weighted by molar-refractivity contribution is 7.88. The quantitative estimate of drug-likeness (QED) is 0.186. The number of rotatable bonds is 10. The minimum atomic E-state index is -3.58. The number of ether oxygens (including phenoxy) is 3. The van der Waals surface area contributed by atoms with E-state index >= 15 is 0 Å². The monoisotopic (exact) mass is 677 g/mol. The molecular weight excluding hydrogens is 638 g/mol. The standard InChI is InChI=1S/C32H40ClN3O7S2/c1-31(2,3)43-25(37)18-42-27-26(33)28(44-29(27)30(38)41-6)21-10-8-12-23(16-21)35-24-13-14-36(32(4,5)17-24)45(39,40)19-20-9-7-11-22(34)15-20/h7-12,15-16,24,35H,13-14,17-19,34H2,1-6H3/t24-/m1/s1. The summed E-state index contributed by atoms with van der Waals surface area (Å²) in [7, 11) is -2.32. The fraction of sp³-hybridized carbons (Fsp3) is 0.438. The van der Waals surface area contributed by atoms with Gasteiger partial charge in [-0.05, 0) is 82.9 Å². The zero-order valence-electron chi connectivity index (χ0n) is 26.3. The van der Waals surface area contributed by atoms with Crippen molar-refractivity contribution in [3.63, 3.8) is 0 Å². The van der Waals surface area contributed by atoms with E-state index in [0.717, 1.165) is 22.6 Å². The molecule has 1 atom stereocenters. The summed E-state index contributed by atoms with van der Waals surface area (Å²) in [6.07, 6.45) is 1.20. The molecule has 244 valence electrons. The van der Waals surface area contributed by atoms with Gasteiger partial charge in [-0.1, -0.05) is 35.9 Å². The number of halogens is 1. The van der Waals surface area contributed by atoms with Crippen LogP contribution in [0.1, 0.15) is 62.7 Å². The second kappa shape index (κ2) is 13.6. The van der Waals surface area contributed by atoms with Crippen LogP contribution in [-0.4, -0.2) is 62.1 Å². The van der Waals surface area contributed by atoms with Crippen LogP contribution in [0, 0.1) is 0 Å². The molecule has 1 aliphatic rings. The summed E-state index contributed by atoms with van der Waals surface area (Å²) in [6.45, 7) is 9.05. The molecule has 1 aromatic heterocycles. The third-order valence-electron chi connectivity index (χ3n) is 7.17. The molecule has 0 radical (unpaired) electrons. The van der Waals surface area contributed by atoms with E-state index in [9.17, 15) is 18.0 Å². The van der Waals surface area contributed by atoms with Gasteiger partial charge in [0.25, 0.3) is 0 Å². The van der Waals surface area contributed by atoms with E-state index in [1.807, 2.05) is 38.1 Å². The number of nitrogens with one attached hydrogen (secondary N) is 1. The molecule has 0 saturated carbocycles. The van der Waals surface area contributed by atoms with E-state index in [0.29, 0.717) is 35.5 Å². The Morgan fingerprint density at radius 1 is 1.16 bits per heavy atom. The van der Waals surface area contributed by atoms with E-state index in [4.69, 9.17) is 31.5 Å². The maximum absolute atomic E-state index is 13.4. The normalized spacial score (nSPS) is 17.0. The Morgan fingerprint density at radius 3 is 2.51 bits per heavy atom. The zero-order chi connectivity index (χ0) is 33.2. The van der Waals surface area contributed by atoms with Crippen molar-refractivity contribution in [2.75, 3.05) is 31.3 Å². The van der Waals surface area contributed by atoms with Gasteiger partial charge in [-0.2, -0.15) is 4.31 Å². The summed E-state index contributed by atoms with van der Waals surface area (Å²) >= 11 is 7.83. The maximum atomic E-state index is 13.4. The van der Waals surface area contributed by atoms with E-state index in [-0.39, 0.29) is 27.4 Å². The van der Waals surface area contributed by atoms with Gasteiger partial charge in [-0.25, -0.2) is 18.0 Å². The van der Waals surface area contributed by atoms with Gasteiger partial charge in [0.15, 0.2) is 17.2 Å². The first-order valence-electron chi connectivity index (χ1n) is 14.5. The molecule has 4 rings (SSSR count). The number of hydrogen-bond donors (Lipinski definition) is 2. The molecule has 2 aromatic carbocycles. The fourth-order valence-corrected chi connectivity index (χ4v) is 8.87. The predicted molar refractivity (Wildman–Crippen MR) is 178 cm³/mol. The Labute approximate surface area is 273 Å². The van der Waals surface area contributed by atoms with Crippen LogP contribution in [0.2, 0.25) is 5.02 Å². The molecule has 10 nitrogen and oxygen atoms in total. The molecule has 0 spiro atoms. The van der Waals surface area contributed by atoms with E-state index < -0.39 is 39.7 Å². The number of nitrogens with zero attached hydrogens (tertiary/aromatic N) is 1. The highest BCUT2D eigenvalue weighted by atomic mass is 35.5. The Bertz CT molecular complexity index is 1670. The third kappa shape index (κ3) is 8.69. The summed E-state index contributed by atoms with van der Waals surface area (Å²) in [5, 5.41) is 3.73. The van der Waals surface area contributed by atoms with E-state index in [1.54, 1.807) is 49.3 Å². The van der Waals surface area contributed by atoms with Gasteiger partial charge < -0.3 is 25.3 Å². The minimum Gasteiger partial charge on any atom is -0.479 e. The molecule has 1 saturated heterocycles. The van der Waals surface area contributed by atoms with Crippen molar-refractivity contribution in [3.8, 4) is 16.2 Å². The fourth-order valence-electron chi connectivity index (χ4n) is 5.42. The molecule has 2 heterocycles. The van der Waals surface area contributed by atoms with Gasteiger partial charge in [0, 0.05) is 29.5 Å². The van der Waals surface area contributed by atoms with Gasteiger partial charge in [-0.15, -0.1) is 11.3 Å². The van der Waals surface area contributed by atoms with Crippen molar-refractivity contribution in [2.24, 2.45) is 0 Å². The molecule has 0 unspecified atom stereocenters. The number of methoxy groups -OCH3 is 1. The van der Waals surface area contributed by atoms with Crippen LogP contribution in [0.15, 0.2) is 48.5 Å². The van der Waals surface area contributed by atoms with E-state index in [2.05, 4.69) is 5.32 Å². The molecule has 3 aromatic rings. The molecule has 1 fully saturated rings. The van der Waals surface area contributed by atoms with Crippen LogP contribution in [0.4, 0.5) is 11.4 Å². The Hall–Kier alpha value is -3.32. The molecule has 45 heavy (non-hydrogen) atoms. The molecular formula is C32H40ClN3O7S2. The predicted octanol–water partition coefficient (Wildman–Crippen LogP) is 6.34. The highest BCUT2D eigenvalue weighted by Gasteiger charge is 2.41. The minimum absolute atomic E-state index is 0.00577. The van der Waals surface area contributed by atoms with E-state index in [1.165, 1.54) is 7.11 Å². The number of hydrogen-bond acceptors (Lipinski definition) is 10. The number of carbonyl (C=O) groups is 2. The van der Waals surface area contributed by atoms with Gasteiger partial charge in [0.1, 0.15) is 10.6 Å². The average Bonchev–Trinajstić information content (AvgIpc) is 3.25. The summed E-state index contributed by atoms with van der Waals surface area (Å²) in [4.78, 5) is 25.6. The summed E-state index contributed by atoms with van der Waals surface area (Å²) < 4.78 is 44.3. The van der Waals surface area contributed by atoms with Crippen LogP contribution in [0.3, 0.4) is 0 Å². The SMILES string of the molecule is COC(=O)c1sc(-c2cccc(N[C@@H]3CCN(S(=O)(=O)Cc4cccc(N)c4)C(C)(C)C3)c2)c(Cl)c1OCC(=O)OC(C)(C)C. The van der Waals surface area contributed by atoms with Gasteiger partial charge in [0.2, 0.25) is 10.0 Å². The molecule has 0 amide bonds. The number of esters is 2. The first kappa shape index (κ1) is 34.6. The Kier molecular flexibility index (Phi) is 10.4. The molecule has 0 bridgehead atoms. The smallest absolute Gasteiger partial charge is 0.351 e. The molecule has 13 heteroatoms. The number of piperidine rings is 1. The number of carbonyl (C=O) groups excluding carboxylic acids is 2. The lowest BCUT2D eigenvalue weighted by Gasteiger charge is -2.45. The third-order valence-corrected chi connectivity index (χ3v) is 10.9. The van der Waals surface area contributed by atoms with Gasteiger partial charge >= 0.3 is 11.9 Å². The van der Waals surface area contributed by atoms with Crippen molar-refractivity contribution < 1.29 is 32.2 Å². The largest absolute Gasteiger partial charge is 0.479 e. The molecule has 3 N–H and O–H groups in total. The molecule has 1 aliphatic heterocycles. The highest BCUT2D eigenvalue weighted by Crippen LogP contribution is 2.46. The van der Waals surface area contributed by atoms with Crippen molar-refractivity contribution in [2.45, 2.75) is 70.4 Å². The van der Waals surface area contributed by atoms with Crippen LogP contribution in [-0.2, 0) is 30.0 Å². The second-order valence-electron chi connectivity index (χ2n) is 12.6. The number of benzene rings is 2. The van der Waals surface area contributed by atoms with Crippen LogP contribution in [0.5, 0.6) is 5.75 Å². The maximum Gasteiger partial charge on any atom is 0.351 e. The van der Waals surface area contributed by atoms with Crippen molar-refractivity contribution in [3.05, 3.63) is 64.0 Å². The summed E-state index contributed by atoms with van der Waals surface area (Å²) in [5.41, 5.74) is 7.27. The van der Waals surface area contributed by atoms with Crippen LogP contribution in [0.25, 0.3) is 10.4 Å². The summed E-state index contributed by atoms with van der Waals surface area (Å²) in [6, 6.07) is 14.5. The van der Waals surface area contributed by atoms with Crippen LogP contribution < -0.4 is 15.8 Å². The lowest BCUT2D eigenvalue weighted by atomic mass is 9.89. The average molecular weight is 678 g/mol. The number of nitrogens with two attached hydrogens (primary N) is 1. The number of sulfonamides is 1. The van der Waals surface area contributed by atoms with Crippen molar-refractivity contribution in [1.82, 2.24) is 4.31 Å². The Balaban J connectivity index is 1.50. The lowest BCUT2D eigenvalue weighted by Crippen LogP contribution is -2.55. The summed E-state index contributed by atoms with van der Waals surface area (Å²) in [5.74, 6) is -1.29. The number of anilines is 2. The number of thiophene rings is 1. The lowest BCUT2D eigenvalue weighted by molar-refractivity contribution is -0.157. The zero-order valence-corrected chi connectivity index (χ0v) is 28.7. The first-order valence-corrected chi connectivity index (χ1v) is 17.3. The first-order chi connectivity index (χ1) is 21.0. The number of nitrogen functional groups attached to an aromatic ring is 1. The van der Waals surface area contributed by atoms with Gasteiger partial charge in [-0.3, -0.25) is 0 Å². The second-order valence-corrected chi connectivity index (χ2v) is 15.9. The Morgan fingerprint density at radius 2 is 1.87 bits per heavy atom. The van der Waals surface area contributed by atoms with Crippen molar-refractivity contribution in [1.29, 1.82) is 0 Å². The topological polar surface area (TPSA) is 137 Å².